The molecule has 4 heteroatoms. The van der Waals surface area contributed by atoms with Crippen molar-refractivity contribution >= 4 is 0 Å². The molecule has 1 aliphatic rings. The van der Waals surface area contributed by atoms with Crippen LogP contribution in [0.25, 0.3) is 11.3 Å². The Morgan fingerprint density at radius 2 is 1.44 bits per heavy atom. The van der Waals surface area contributed by atoms with Crippen LogP contribution in [0, 0.1) is 23.5 Å². The maximum absolute atomic E-state index is 14.7. The highest BCUT2D eigenvalue weighted by Gasteiger charge is 2.21. The summed E-state index contributed by atoms with van der Waals surface area (Å²) in [4.78, 5) is 0. The zero-order valence-electron chi connectivity index (χ0n) is 20.0. The fourth-order valence-corrected chi connectivity index (χ4v) is 5.11. The molecule has 1 fully saturated rings. The second-order valence-electron chi connectivity index (χ2n) is 9.69. The van der Waals surface area contributed by atoms with E-state index in [4.69, 9.17) is 0 Å². The van der Waals surface area contributed by atoms with Gasteiger partial charge in [-0.15, -0.1) is 0 Å². The number of halogens is 2. The van der Waals surface area contributed by atoms with Gasteiger partial charge in [0.2, 0.25) is 0 Å². The smallest absolute Gasteiger partial charge is 0.168 e. The van der Waals surface area contributed by atoms with Crippen molar-refractivity contribution < 1.29 is 8.78 Å². The van der Waals surface area contributed by atoms with Crippen molar-refractivity contribution in [3.63, 3.8) is 0 Å². The third-order valence-electron chi connectivity index (χ3n) is 7.18. The van der Waals surface area contributed by atoms with Crippen LogP contribution < -0.4 is 0 Å². The van der Waals surface area contributed by atoms with Crippen LogP contribution in [0.2, 0.25) is 0 Å². The van der Waals surface area contributed by atoms with E-state index >= 15 is 0 Å². The van der Waals surface area contributed by atoms with E-state index in [1.54, 1.807) is 18.2 Å². The number of hydrogen-bond donors (Lipinski definition) is 0. The van der Waals surface area contributed by atoms with Gasteiger partial charge in [0.05, 0.1) is 11.4 Å². The van der Waals surface area contributed by atoms with Gasteiger partial charge >= 0.3 is 0 Å². The molecule has 0 saturated heterocycles. The topological polar surface area (TPSA) is 25.8 Å². The van der Waals surface area contributed by atoms with E-state index in [2.05, 4.69) is 24.0 Å². The van der Waals surface area contributed by atoms with E-state index in [1.165, 1.54) is 51.4 Å². The molecule has 0 radical (unpaired) electrons. The highest BCUT2D eigenvalue weighted by Crippen LogP contribution is 2.34. The minimum atomic E-state index is -0.804. The normalized spacial score (nSPS) is 18.8. The van der Waals surface area contributed by atoms with Crippen LogP contribution in [0.4, 0.5) is 8.78 Å². The van der Waals surface area contributed by atoms with Crippen molar-refractivity contribution in [2.75, 3.05) is 0 Å². The second-order valence-corrected chi connectivity index (χ2v) is 9.69. The summed E-state index contributed by atoms with van der Waals surface area (Å²) in [5.74, 6) is 0.174. The molecule has 2 nitrogen and oxygen atoms in total. The second kappa shape index (κ2) is 13.0. The summed E-state index contributed by atoms with van der Waals surface area (Å²) < 4.78 is 29.3. The van der Waals surface area contributed by atoms with Crippen molar-refractivity contribution in [3.05, 3.63) is 47.2 Å². The number of unbranched alkanes of at least 4 members (excludes halogenated alkanes) is 4. The average Bonchev–Trinajstić information content (AvgIpc) is 2.82. The first-order valence-corrected chi connectivity index (χ1v) is 12.9. The molecule has 0 unspecified atom stereocenters. The predicted octanol–water partition coefficient (Wildman–Crippen LogP) is 8.47. The van der Waals surface area contributed by atoms with E-state index in [0.29, 0.717) is 17.7 Å². The average molecular weight is 443 g/mol. The molecule has 2 aromatic rings. The van der Waals surface area contributed by atoms with Crippen LogP contribution in [0.5, 0.6) is 0 Å². The number of hydrogen-bond acceptors (Lipinski definition) is 2. The van der Waals surface area contributed by atoms with E-state index < -0.39 is 11.6 Å². The molecule has 1 aromatic heterocycles. The van der Waals surface area contributed by atoms with Gasteiger partial charge in [-0.1, -0.05) is 84.1 Å². The molecule has 1 aliphatic carbocycles. The summed E-state index contributed by atoms with van der Waals surface area (Å²) >= 11 is 0. The highest BCUT2D eigenvalue weighted by atomic mass is 19.2. The standard InChI is InChI=1S/C28H40F2N2/c1-3-5-6-7-8-10-23-16-19-25(28(30)27(23)29)26-20-18-24(31-32-26)17-15-22-13-11-21(9-4-2)12-14-22/h16,18-22H,3-15,17H2,1-2H3. The van der Waals surface area contributed by atoms with E-state index in [1.807, 2.05) is 6.07 Å². The van der Waals surface area contributed by atoms with Gasteiger partial charge in [-0.05, 0) is 61.3 Å². The lowest BCUT2D eigenvalue weighted by molar-refractivity contribution is 0.252. The predicted molar refractivity (Wildman–Crippen MR) is 129 cm³/mol. The summed E-state index contributed by atoms with van der Waals surface area (Å²) in [5, 5.41) is 8.54. The first-order chi connectivity index (χ1) is 15.6. The molecule has 0 aliphatic heterocycles. The summed E-state index contributed by atoms with van der Waals surface area (Å²) in [7, 11) is 0. The lowest BCUT2D eigenvalue weighted by Gasteiger charge is -2.28. The minimum Gasteiger partial charge on any atom is -0.203 e. The van der Waals surface area contributed by atoms with E-state index in [-0.39, 0.29) is 5.56 Å². The van der Waals surface area contributed by atoms with E-state index in [9.17, 15) is 8.78 Å². The molecule has 0 spiro atoms. The van der Waals surface area contributed by atoms with Crippen LogP contribution in [0.3, 0.4) is 0 Å². The quantitative estimate of drug-likeness (QED) is 0.308. The van der Waals surface area contributed by atoms with Gasteiger partial charge in [-0.2, -0.15) is 10.2 Å². The monoisotopic (exact) mass is 442 g/mol. The largest absolute Gasteiger partial charge is 0.203 e. The Labute approximate surface area is 193 Å². The molecule has 0 N–H and O–H groups in total. The van der Waals surface area contributed by atoms with Crippen LogP contribution in [-0.4, -0.2) is 10.2 Å². The SMILES string of the molecule is CCCCCCCc1ccc(-c2ccc(CCC3CCC(CCC)CC3)nn2)c(F)c1F. The molecule has 1 heterocycles. The van der Waals surface area contributed by atoms with Crippen molar-refractivity contribution in [1.29, 1.82) is 0 Å². The molecular weight excluding hydrogens is 402 g/mol. The first-order valence-electron chi connectivity index (χ1n) is 12.9. The third kappa shape index (κ3) is 7.08. The van der Waals surface area contributed by atoms with Crippen molar-refractivity contribution in [2.24, 2.45) is 11.8 Å². The van der Waals surface area contributed by atoms with Crippen LogP contribution in [0.15, 0.2) is 24.3 Å². The molecule has 1 aromatic carbocycles. The Balaban J connectivity index is 1.52. The Kier molecular flexibility index (Phi) is 10.1. The van der Waals surface area contributed by atoms with Gasteiger partial charge < -0.3 is 0 Å². The Bertz CT molecular complexity index is 811. The Morgan fingerprint density at radius 3 is 2.09 bits per heavy atom. The number of nitrogens with zero attached hydrogens (tertiary/aromatic N) is 2. The molecule has 0 atom stereocenters. The first kappa shape index (κ1) is 24.8. The maximum atomic E-state index is 14.7. The van der Waals surface area contributed by atoms with Crippen molar-refractivity contribution in [2.45, 2.75) is 104 Å². The molecule has 0 bridgehead atoms. The molecular formula is C28H40F2N2. The highest BCUT2D eigenvalue weighted by molar-refractivity contribution is 5.60. The van der Waals surface area contributed by atoms with Gasteiger partial charge in [-0.25, -0.2) is 8.78 Å². The van der Waals surface area contributed by atoms with Gasteiger partial charge in [0, 0.05) is 5.56 Å². The zero-order chi connectivity index (χ0) is 22.8. The molecule has 3 rings (SSSR count). The molecule has 0 amide bonds. The molecule has 176 valence electrons. The minimum absolute atomic E-state index is 0.200. The summed E-state index contributed by atoms with van der Waals surface area (Å²) in [6.45, 7) is 4.45. The van der Waals surface area contributed by atoms with Gasteiger partial charge in [0.15, 0.2) is 11.6 Å². The van der Waals surface area contributed by atoms with Gasteiger partial charge in [0.1, 0.15) is 0 Å². The van der Waals surface area contributed by atoms with Crippen LogP contribution in [0.1, 0.15) is 102 Å². The third-order valence-corrected chi connectivity index (χ3v) is 7.18. The Hall–Kier alpha value is -1.84. The Morgan fingerprint density at radius 1 is 0.719 bits per heavy atom. The van der Waals surface area contributed by atoms with E-state index in [0.717, 1.165) is 49.6 Å². The summed E-state index contributed by atoms with van der Waals surface area (Å²) in [6.07, 6.45) is 16.2. The van der Waals surface area contributed by atoms with Crippen molar-refractivity contribution in [1.82, 2.24) is 10.2 Å². The fourth-order valence-electron chi connectivity index (χ4n) is 5.11. The lowest BCUT2D eigenvalue weighted by Crippen LogP contribution is -2.15. The summed E-state index contributed by atoms with van der Waals surface area (Å²) in [6, 6.07) is 7.06. The number of aryl methyl sites for hydroxylation is 2. The maximum Gasteiger partial charge on any atom is 0.168 e. The number of rotatable bonds is 12. The number of benzene rings is 1. The number of aromatic nitrogens is 2. The lowest BCUT2D eigenvalue weighted by atomic mass is 9.78. The van der Waals surface area contributed by atoms with Gasteiger partial charge in [-0.3, -0.25) is 0 Å². The molecule has 32 heavy (non-hydrogen) atoms. The summed E-state index contributed by atoms with van der Waals surface area (Å²) in [5.41, 5.74) is 2.00. The van der Waals surface area contributed by atoms with Crippen LogP contribution in [-0.2, 0) is 12.8 Å². The molecule has 1 saturated carbocycles. The zero-order valence-corrected chi connectivity index (χ0v) is 20.0. The fraction of sp³-hybridized carbons (Fsp3) is 0.643. The van der Waals surface area contributed by atoms with Crippen LogP contribution >= 0.6 is 0 Å². The van der Waals surface area contributed by atoms with Gasteiger partial charge in [0.25, 0.3) is 0 Å². The van der Waals surface area contributed by atoms with Crippen molar-refractivity contribution in [3.8, 4) is 11.3 Å².